The van der Waals surface area contributed by atoms with Crippen LogP contribution in [0.1, 0.15) is 30.5 Å². The average Bonchev–Trinajstić information content (AvgIpc) is 2.32. The molecule has 0 aliphatic heterocycles. The summed E-state index contributed by atoms with van der Waals surface area (Å²) in [6.45, 7) is 10.2. The first-order valence-electron chi connectivity index (χ1n) is 6.95. The fraction of sp³-hybridized carbons (Fsp3) is 0.625. The van der Waals surface area contributed by atoms with Crippen molar-refractivity contribution in [2.75, 3.05) is 20.7 Å². The van der Waals surface area contributed by atoms with Crippen LogP contribution in [0.25, 0.3) is 0 Å². The molecule has 3 nitrogen and oxygen atoms in total. The molecule has 0 amide bonds. The van der Waals surface area contributed by atoms with E-state index in [9.17, 15) is 0 Å². The van der Waals surface area contributed by atoms with Crippen molar-refractivity contribution in [3.05, 3.63) is 28.8 Å². The van der Waals surface area contributed by atoms with Gasteiger partial charge < -0.3 is 10.5 Å². The molecule has 1 unspecified atom stereocenters. The maximum atomic E-state index is 5.89. The molecule has 0 aromatic heterocycles. The summed E-state index contributed by atoms with van der Waals surface area (Å²) in [7, 11) is 3.87. The average molecular weight is 264 g/mol. The van der Waals surface area contributed by atoms with Crippen LogP contribution in [-0.4, -0.2) is 31.6 Å². The molecule has 0 heterocycles. The maximum Gasteiger partial charge on any atom is 0.123 e. The first-order chi connectivity index (χ1) is 8.90. The predicted molar refractivity (Wildman–Crippen MR) is 81.6 cm³/mol. The van der Waals surface area contributed by atoms with Crippen LogP contribution >= 0.6 is 0 Å². The summed E-state index contributed by atoms with van der Waals surface area (Å²) in [5.41, 5.74) is 9.66. The number of hydrogen-bond acceptors (Lipinski definition) is 3. The minimum absolute atomic E-state index is 0.394. The van der Waals surface area contributed by atoms with Crippen LogP contribution in [0.3, 0.4) is 0 Å². The van der Waals surface area contributed by atoms with Gasteiger partial charge >= 0.3 is 0 Å². The van der Waals surface area contributed by atoms with Crippen LogP contribution in [0.15, 0.2) is 12.1 Å². The van der Waals surface area contributed by atoms with Gasteiger partial charge in [-0.3, -0.25) is 4.90 Å². The fourth-order valence-electron chi connectivity index (χ4n) is 2.67. The maximum absolute atomic E-state index is 5.89. The van der Waals surface area contributed by atoms with Crippen LogP contribution < -0.4 is 10.5 Å². The van der Waals surface area contributed by atoms with E-state index in [1.807, 2.05) is 0 Å². The normalized spacial score (nSPS) is 13.1. The van der Waals surface area contributed by atoms with E-state index in [4.69, 9.17) is 10.5 Å². The summed E-state index contributed by atoms with van der Waals surface area (Å²) >= 11 is 0. The van der Waals surface area contributed by atoms with E-state index in [1.54, 1.807) is 7.11 Å². The lowest BCUT2D eigenvalue weighted by atomic mass is 10.00. The van der Waals surface area contributed by atoms with Crippen LogP contribution in [0.4, 0.5) is 0 Å². The van der Waals surface area contributed by atoms with Gasteiger partial charge in [-0.25, -0.2) is 0 Å². The molecule has 1 aromatic rings. The summed E-state index contributed by atoms with van der Waals surface area (Å²) in [6, 6.07) is 4.70. The summed E-state index contributed by atoms with van der Waals surface area (Å²) < 4.78 is 5.52. The monoisotopic (exact) mass is 264 g/mol. The first-order valence-corrected chi connectivity index (χ1v) is 6.95. The van der Waals surface area contributed by atoms with Crippen LogP contribution in [-0.2, 0) is 6.54 Å². The summed E-state index contributed by atoms with van der Waals surface area (Å²) in [5, 5.41) is 0. The zero-order valence-electron chi connectivity index (χ0n) is 13.2. The SMILES string of the molecule is COc1cc(C)cc(C)c1CN(C)C(CN)C(C)C. The summed E-state index contributed by atoms with van der Waals surface area (Å²) in [5.74, 6) is 1.52. The van der Waals surface area contributed by atoms with Gasteiger partial charge in [-0.2, -0.15) is 0 Å². The molecule has 0 radical (unpaired) electrons. The number of nitrogens with two attached hydrogens (primary N) is 1. The molecule has 0 spiro atoms. The zero-order chi connectivity index (χ0) is 14.6. The Morgan fingerprint density at radius 1 is 1.26 bits per heavy atom. The third kappa shape index (κ3) is 3.95. The predicted octanol–water partition coefficient (Wildman–Crippen LogP) is 2.73. The molecule has 0 aliphatic carbocycles. The number of hydrogen-bond donors (Lipinski definition) is 1. The fourth-order valence-corrected chi connectivity index (χ4v) is 2.67. The van der Waals surface area contributed by atoms with Crippen molar-refractivity contribution in [3.63, 3.8) is 0 Å². The molecule has 0 fully saturated rings. The van der Waals surface area contributed by atoms with E-state index < -0.39 is 0 Å². The Morgan fingerprint density at radius 3 is 2.37 bits per heavy atom. The van der Waals surface area contributed by atoms with E-state index >= 15 is 0 Å². The Kier molecular flexibility index (Phi) is 5.83. The molecule has 0 saturated heterocycles. The third-order valence-electron chi connectivity index (χ3n) is 3.78. The Labute approximate surface area is 117 Å². The number of ether oxygens (including phenoxy) is 1. The highest BCUT2D eigenvalue weighted by atomic mass is 16.5. The lowest BCUT2D eigenvalue weighted by Gasteiger charge is -2.31. The zero-order valence-corrected chi connectivity index (χ0v) is 13.2. The van der Waals surface area contributed by atoms with Crippen LogP contribution in [0.5, 0.6) is 5.75 Å². The van der Waals surface area contributed by atoms with E-state index in [0.717, 1.165) is 12.3 Å². The number of benzene rings is 1. The van der Waals surface area contributed by atoms with Crippen LogP contribution in [0, 0.1) is 19.8 Å². The quantitative estimate of drug-likeness (QED) is 0.858. The molecular weight excluding hydrogens is 236 g/mol. The lowest BCUT2D eigenvalue weighted by molar-refractivity contribution is 0.187. The van der Waals surface area contributed by atoms with Gasteiger partial charge in [-0.15, -0.1) is 0 Å². The van der Waals surface area contributed by atoms with Gasteiger partial charge in [0.25, 0.3) is 0 Å². The minimum atomic E-state index is 0.394. The molecule has 0 saturated carbocycles. The lowest BCUT2D eigenvalue weighted by Crippen LogP contribution is -2.41. The Bertz CT molecular complexity index is 415. The van der Waals surface area contributed by atoms with E-state index in [2.05, 4.69) is 51.8 Å². The molecule has 19 heavy (non-hydrogen) atoms. The minimum Gasteiger partial charge on any atom is -0.496 e. The van der Waals surface area contributed by atoms with E-state index in [-0.39, 0.29) is 0 Å². The van der Waals surface area contributed by atoms with Crippen molar-refractivity contribution in [3.8, 4) is 5.75 Å². The second-order valence-electron chi connectivity index (χ2n) is 5.72. The van der Waals surface area contributed by atoms with Gasteiger partial charge in [0.2, 0.25) is 0 Å². The molecule has 3 heteroatoms. The van der Waals surface area contributed by atoms with E-state index in [1.165, 1.54) is 16.7 Å². The number of methoxy groups -OCH3 is 1. The molecule has 1 atom stereocenters. The van der Waals surface area contributed by atoms with Gasteiger partial charge in [-0.1, -0.05) is 19.9 Å². The van der Waals surface area contributed by atoms with Gasteiger partial charge in [0.05, 0.1) is 7.11 Å². The van der Waals surface area contributed by atoms with E-state index in [0.29, 0.717) is 18.5 Å². The topological polar surface area (TPSA) is 38.5 Å². The highest BCUT2D eigenvalue weighted by Crippen LogP contribution is 2.26. The van der Waals surface area contributed by atoms with Gasteiger partial charge in [0.15, 0.2) is 0 Å². The van der Waals surface area contributed by atoms with Crippen LogP contribution in [0.2, 0.25) is 0 Å². The highest BCUT2D eigenvalue weighted by Gasteiger charge is 2.19. The second kappa shape index (κ2) is 6.92. The molecular formula is C16H28N2O. The van der Waals surface area contributed by atoms with Gasteiger partial charge in [0.1, 0.15) is 5.75 Å². The second-order valence-corrected chi connectivity index (χ2v) is 5.72. The largest absolute Gasteiger partial charge is 0.496 e. The molecule has 108 valence electrons. The van der Waals surface area contributed by atoms with Crippen molar-refractivity contribution in [2.24, 2.45) is 11.7 Å². The Hall–Kier alpha value is -1.06. The Morgan fingerprint density at radius 2 is 1.89 bits per heavy atom. The molecule has 0 aliphatic rings. The van der Waals surface area contributed by atoms with Crippen molar-refractivity contribution < 1.29 is 4.74 Å². The van der Waals surface area contributed by atoms with Crippen molar-refractivity contribution in [2.45, 2.75) is 40.3 Å². The summed E-state index contributed by atoms with van der Waals surface area (Å²) in [6.07, 6.45) is 0. The standard InChI is InChI=1S/C16H28N2O/c1-11(2)15(9-17)18(5)10-14-13(4)7-12(3)8-16(14)19-6/h7-8,11,15H,9-10,17H2,1-6H3. The smallest absolute Gasteiger partial charge is 0.123 e. The van der Waals surface area contributed by atoms with Crippen molar-refractivity contribution >= 4 is 0 Å². The number of aryl methyl sites for hydroxylation is 2. The third-order valence-corrected chi connectivity index (χ3v) is 3.78. The molecule has 0 bridgehead atoms. The molecule has 1 rings (SSSR count). The number of nitrogens with zero attached hydrogens (tertiary/aromatic N) is 1. The van der Waals surface area contributed by atoms with Crippen molar-refractivity contribution in [1.82, 2.24) is 4.90 Å². The molecule has 2 N–H and O–H groups in total. The molecule has 1 aromatic carbocycles. The number of likely N-dealkylation sites (N-methyl/N-ethyl adjacent to an activating group) is 1. The first kappa shape index (κ1) is 16.0. The van der Waals surface area contributed by atoms with Gasteiger partial charge in [0, 0.05) is 24.7 Å². The van der Waals surface area contributed by atoms with Crippen molar-refractivity contribution in [1.29, 1.82) is 0 Å². The van der Waals surface area contributed by atoms with Gasteiger partial charge in [-0.05, 0) is 44.0 Å². The highest BCUT2D eigenvalue weighted by molar-refractivity contribution is 5.43. The summed E-state index contributed by atoms with van der Waals surface area (Å²) in [4.78, 5) is 2.32. The Balaban J connectivity index is 2.98. The number of rotatable bonds is 6.